The summed E-state index contributed by atoms with van der Waals surface area (Å²) in [6.07, 6.45) is 0.590. The molecule has 0 aromatic heterocycles. The molecule has 1 aromatic carbocycles. The maximum Gasteiger partial charge on any atom is 0.326 e. The van der Waals surface area contributed by atoms with Crippen LogP contribution in [0.4, 0.5) is 5.69 Å². The van der Waals surface area contributed by atoms with Gasteiger partial charge in [0.2, 0.25) is 5.91 Å². The quantitative estimate of drug-likeness (QED) is 0.763. The predicted molar refractivity (Wildman–Crippen MR) is 72.0 cm³/mol. The van der Waals surface area contributed by atoms with Crippen molar-refractivity contribution in [1.82, 2.24) is 5.32 Å². The number of amides is 1. The zero-order chi connectivity index (χ0) is 14.0. The minimum Gasteiger partial charge on any atom is -0.480 e. The van der Waals surface area contributed by atoms with Crippen molar-refractivity contribution < 1.29 is 14.7 Å². The largest absolute Gasteiger partial charge is 0.480 e. The van der Waals surface area contributed by atoms with Gasteiger partial charge in [0, 0.05) is 12.1 Å². The summed E-state index contributed by atoms with van der Waals surface area (Å²) in [5, 5.41) is 14.8. The average molecular weight is 262 g/mol. The van der Waals surface area contributed by atoms with Crippen LogP contribution in [0.1, 0.15) is 19.4 Å². The Labute approximate surface area is 112 Å². The van der Waals surface area contributed by atoms with Crippen LogP contribution in [0.2, 0.25) is 0 Å². The van der Waals surface area contributed by atoms with Crippen LogP contribution in [-0.2, 0) is 16.0 Å². The molecule has 5 nitrogen and oxygen atoms in total. The van der Waals surface area contributed by atoms with E-state index in [0.717, 1.165) is 11.3 Å². The number of carbonyl (C=O) groups excluding carboxylic acids is 1. The summed E-state index contributed by atoms with van der Waals surface area (Å²) in [7, 11) is 0. The molecule has 0 saturated heterocycles. The van der Waals surface area contributed by atoms with Gasteiger partial charge in [0.05, 0.1) is 0 Å². The summed E-state index contributed by atoms with van der Waals surface area (Å²) in [6, 6.07) is 6.47. The van der Waals surface area contributed by atoms with Crippen molar-refractivity contribution in [1.29, 1.82) is 0 Å². The molecule has 0 bridgehead atoms. The Bertz CT molecular complexity index is 474. The molecule has 2 atom stereocenters. The smallest absolute Gasteiger partial charge is 0.326 e. The first-order chi connectivity index (χ1) is 8.99. The molecular weight excluding hydrogens is 244 g/mol. The molecule has 1 heterocycles. The van der Waals surface area contributed by atoms with Crippen molar-refractivity contribution in [3.8, 4) is 0 Å². The van der Waals surface area contributed by atoms with Crippen LogP contribution < -0.4 is 10.6 Å². The molecule has 0 aliphatic carbocycles. The third-order valence-electron chi connectivity index (χ3n) is 3.32. The summed E-state index contributed by atoms with van der Waals surface area (Å²) in [5.74, 6) is -1.42. The first-order valence-electron chi connectivity index (χ1n) is 6.36. The Hall–Kier alpha value is -2.04. The Morgan fingerprint density at radius 1 is 1.37 bits per heavy atom. The normalized spacial score (nSPS) is 18.6. The number of hydrogen-bond acceptors (Lipinski definition) is 3. The first kappa shape index (κ1) is 13.4. The van der Waals surface area contributed by atoms with Crippen molar-refractivity contribution in [2.45, 2.75) is 32.4 Å². The van der Waals surface area contributed by atoms with E-state index < -0.39 is 18.1 Å². The second-order valence-electron chi connectivity index (χ2n) is 5.13. The molecule has 19 heavy (non-hydrogen) atoms. The lowest BCUT2D eigenvalue weighted by Gasteiger charge is -2.20. The number of carboxylic acids is 1. The lowest BCUT2D eigenvalue weighted by molar-refractivity contribution is -0.143. The standard InChI is InChI=1S/C14H18N2O3/c1-8(2)12(14(18)19)16-13(17)11-7-9-5-3-4-6-10(9)15-11/h3-6,8,11-12,15H,7H2,1-2H3,(H,16,17)(H,18,19)/t11-,12-/m0/s1. The van der Waals surface area contributed by atoms with Crippen LogP contribution in [0.5, 0.6) is 0 Å². The number of nitrogens with one attached hydrogen (secondary N) is 2. The van der Waals surface area contributed by atoms with Gasteiger partial charge in [-0.3, -0.25) is 4.79 Å². The fourth-order valence-corrected chi connectivity index (χ4v) is 2.22. The highest BCUT2D eigenvalue weighted by molar-refractivity contribution is 5.90. The molecule has 1 aromatic rings. The molecule has 102 valence electrons. The van der Waals surface area contributed by atoms with Gasteiger partial charge in [0.1, 0.15) is 12.1 Å². The van der Waals surface area contributed by atoms with Crippen LogP contribution in [0.25, 0.3) is 0 Å². The average Bonchev–Trinajstić information content (AvgIpc) is 2.78. The maximum atomic E-state index is 12.1. The maximum absolute atomic E-state index is 12.1. The Balaban J connectivity index is 2.01. The van der Waals surface area contributed by atoms with Gasteiger partial charge >= 0.3 is 5.97 Å². The number of carbonyl (C=O) groups is 2. The number of fused-ring (bicyclic) bond motifs is 1. The molecule has 0 spiro atoms. The van der Waals surface area contributed by atoms with Crippen molar-refractivity contribution in [2.24, 2.45) is 5.92 Å². The van der Waals surface area contributed by atoms with Gasteiger partial charge in [-0.15, -0.1) is 0 Å². The zero-order valence-corrected chi connectivity index (χ0v) is 11.0. The molecule has 0 fully saturated rings. The third-order valence-corrected chi connectivity index (χ3v) is 3.32. The molecule has 1 aliphatic heterocycles. The highest BCUT2D eigenvalue weighted by atomic mass is 16.4. The Morgan fingerprint density at radius 3 is 2.63 bits per heavy atom. The second-order valence-corrected chi connectivity index (χ2v) is 5.13. The summed E-state index contributed by atoms with van der Waals surface area (Å²) in [5.41, 5.74) is 2.03. The van der Waals surface area contributed by atoms with Crippen molar-refractivity contribution in [3.63, 3.8) is 0 Å². The van der Waals surface area contributed by atoms with Gasteiger partial charge in [0.25, 0.3) is 0 Å². The van der Waals surface area contributed by atoms with E-state index >= 15 is 0 Å². The van der Waals surface area contributed by atoms with E-state index in [0.29, 0.717) is 6.42 Å². The highest BCUT2D eigenvalue weighted by Crippen LogP contribution is 2.25. The minimum absolute atomic E-state index is 0.148. The van der Waals surface area contributed by atoms with Gasteiger partial charge in [0.15, 0.2) is 0 Å². The fraction of sp³-hybridized carbons (Fsp3) is 0.429. The number of anilines is 1. The number of aliphatic carboxylic acids is 1. The lowest BCUT2D eigenvalue weighted by Crippen LogP contribution is -2.49. The van der Waals surface area contributed by atoms with Gasteiger partial charge < -0.3 is 15.7 Å². The number of hydrogen-bond donors (Lipinski definition) is 3. The van der Waals surface area contributed by atoms with Crippen LogP contribution in [-0.4, -0.2) is 29.1 Å². The zero-order valence-electron chi connectivity index (χ0n) is 11.0. The molecule has 0 unspecified atom stereocenters. The lowest BCUT2D eigenvalue weighted by atomic mass is 10.0. The van der Waals surface area contributed by atoms with Crippen LogP contribution in [0.3, 0.4) is 0 Å². The topological polar surface area (TPSA) is 78.4 Å². The summed E-state index contributed by atoms with van der Waals surface area (Å²) in [6.45, 7) is 3.55. The molecule has 0 radical (unpaired) electrons. The number of benzene rings is 1. The Morgan fingerprint density at radius 2 is 2.05 bits per heavy atom. The first-order valence-corrected chi connectivity index (χ1v) is 6.36. The van der Waals surface area contributed by atoms with E-state index in [4.69, 9.17) is 5.11 Å². The predicted octanol–water partition coefficient (Wildman–Crippen LogP) is 1.25. The number of para-hydroxylation sites is 1. The van der Waals surface area contributed by atoms with Crippen molar-refractivity contribution in [2.75, 3.05) is 5.32 Å². The summed E-state index contributed by atoms with van der Waals surface area (Å²) < 4.78 is 0. The molecule has 2 rings (SSSR count). The van der Waals surface area contributed by atoms with Gasteiger partial charge in [-0.1, -0.05) is 32.0 Å². The molecule has 5 heteroatoms. The van der Waals surface area contributed by atoms with E-state index in [2.05, 4.69) is 10.6 Å². The van der Waals surface area contributed by atoms with E-state index in [1.165, 1.54) is 0 Å². The summed E-state index contributed by atoms with van der Waals surface area (Å²) in [4.78, 5) is 23.2. The van der Waals surface area contributed by atoms with Gasteiger partial charge in [-0.2, -0.15) is 0 Å². The third kappa shape index (κ3) is 2.86. The highest BCUT2D eigenvalue weighted by Gasteiger charge is 2.30. The van der Waals surface area contributed by atoms with E-state index in [1.807, 2.05) is 24.3 Å². The second kappa shape index (κ2) is 5.30. The van der Waals surface area contributed by atoms with Crippen molar-refractivity contribution in [3.05, 3.63) is 29.8 Å². The Kier molecular flexibility index (Phi) is 3.74. The minimum atomic E-state index is -1.00. The number of rotatable bonds is 4. The molecule has 1 aliphatic rings. The van der Waals surface area contributed by atoms with Gasteiger partial charge in [-0.05, 0) is 17.5 Å². The van der Waals surface area contributed by atoms with E-state index in [9.17, 15) is 9.59 Å². The number of carboxylic acid groups (broad SMARTS) is 1. The molecule has 0 saturated carbocycles. The molecule has 3 N–H and O–H groups in total. The fourth-order valence-electron chi connectivity index (χ4n) is 2.22. The SMILES string of the molecule is CC(C)[C@H](NC(=O)[C@@H]1Cc2ccccc2N1)C(=O)O. The van der Waals surface area contributed by atoms with Gasteiger partial charge in [-0.25, -0.2) is 4.79 Å². The van der Waals surface area contributed by atoms with E-state index in [1.54, 1.807) is 13.8 Å². The van der Waals surface area contributed by atoms with Crippen LogP contribution in [0, 0.1) is 5.92 Å². The molecule has 1 amide bonds. The monoisotopic (exact) mass is 262 g/mol. The van der Waals surface area contributed by atoms with E-state index in [-0.39, 0.29) is 11.8 Å². The van der Waals surface area contributed by atoms with Crippen LogP contribution >= 0.6 is 0 Å². The summed E-state index contributed by atoms with van der Waals surface area (Å²) >= 11 is 0. The molecular formula is C14H18N2O3. The van der Waals surface area contributed by atoms with Crippen LogP contribution in [0.15, 0.2) is 24.3 Å². The van der Waals surface area contributed by atoms with Crippen molar-refractivity contribution >= 4 is 17.6 Å².